The van der Waals surface area contributed by atoms with Gasteiger partial charge in [-0.05, 0) is 35.9 Å². The molecular formula is C15H12N4O3. The maximum Gasteiger partial charge on any atom is 0.294 e. The van der Waals surface area contributed by atoms with Gasteiger partial charge in [0.15, 0.2) is 6.61 Å². The van der Waals surface area contributed by atoms with Crippen molar-refractivity contribution in [2.45, 2.75) is 0 Å². The Morgan fingerprint density at radius 2 is 2.00 bits per heavy atom. The highest BCUT2D eigenvalue weighted by Gasteiger charge is 2.10. The molecule has 110 valence electrons. The van der Waals surface area contributed by atoms with Crippen molar-refractivity contribution in [3.63, 3.8) is 0 Å². The Morgan fingerprint density at radius 3 is 2.68 bits per heavy atom. The van der Waals surface area contributed by atoms with Gasteiger partial charge in [-0.1, -0.05) is 12.1 Å². The van der Waals surface area contributed by atoms with E-state index in [1.165, 1.54) is 12.3 Å². The third-order valence-electron chi connectivity index (χ3n) is 2.68. The molecule has 2 aromatic carbocycles. The van der Waals surface area contributed by atoms with E-state index in [0.717, 1.165) is 5.56 Å². The lowest BCUT2D eigenvalue weighted by molar-refractivity contribution is -0.384. The molecule has 0 unspecified atom stereocenters. The van der Waals surface area contributed by atoms with Crippen LogP contribution in [0.5, 0.6) is 5.75 Å². The monoisotopic (exact) mass is 296 g/mol. The van der Waals surface area contributed by atoms with Crippen LogP contribution in [0, 0.1) is 21.4 Å². The molecule has 0 atom stereocenters. The van der Waals surface area contributed by atoms with Crippen molar-refractivity contribution >= 4 is 17.6 Å². The minimum absolute atomic E-state index is 0.00728. The number of para-hydroxylation sites is 2. The highest BCUT2D eigenvalue weighted by atomic mass is 16.6. The second kappa shape index (κ2) is 7.40. The molecule has 0 radical (unpaired) electrons. The van der Waals surface area contributed by atoms with Crippen LogP contribution in [0.4, 0.5) is 11.4 Å². The normalized spacial score (nSPS) is 10.1. The third kappa shape index (κ3) is 4.05. The molecule has 22 heavy (non-hydrogen) atoms. The Kier molecular flexibility index (Phi) is 5.04. The summed E-state index contributed by atoms with van der Waals surface area (Å²) in [5.41, 5.74) is 3.71. The molecule has 2 rings (SSSR count). The smallest absolute Gasteiger partial charge is 0.294 e. The lowest BCUT2D eigenvalue weighted by Gasteiger charge is -2.02. The molecule has 0 aliphatic rings. The number of ether oxygens (including phenoxy) is 1. The van der Waals surface area contributed by atoms with Crippen molar-refractivity contribution in [2.75, 3.05) is 12.0 Å². The minimum atomic E-state index is -0.473. The van der Waals surface area contributed by atoms with Crippen LogP contribution in [0.2, 0.25) is 0 Å². The molecule has 0 aromatic heterocycles. The Morgan fingerprint density at radius 1 is 1.27 bits per heavy atom. The van der Waals surface area contributed by atoms with Crippen molar-refractivity contribution in [2.24, 2.45) is 5.10 Å². The molecule has 0 bridgehead atoms. The standard InChI is InChI=1S/C15H12N4O3/c16-9-10-22-13-7-5-12(6-8-13)11-17-18-14-3-1-2-4-15(14)19(20)21/h1-8,11,18H,10H2/b17-11-. The zero-order chi connectivity index (χ0) is 15.8. The first-order valence-electron chi connectivity index (χ1n) is 6.33. The van der Waals surface area contributed by atoms with Crippen molar-refractivity contribution in [1.29, 1.82) is 5.26 Å². The highest BCUT2D eigenvalue weighted by molar-refractivity contribution is 5.80. The Bertz CT molecular complexity index is 720. The molecular weight excluding hydrogens is 284 g/mol. The van der Waals surface area contributed by atoms with Gasteiger partial charge in [0.1, 0.15) is 17.5 Å². The summed E-state index contributed by atoms with van der Waals surface area (Å²) in [5, 5.41) is 23.2. The molecule has 0 aliphatic heterocycles. The van der Waals surface area contributed by atoms with E-state index in [-0.39, 0.29) is 12.3 Å². The zero-order valence-corrected chi connectivity index (χ0v) is 11.5. The minimum Gasteiger partial charge on any atom is -0.479 e. The van der Waals surface area contributed by atoms with Gasteiger partial charge >= 0.3 is 0 Å². The van der Waals surface area contributed by atoms with E-state index in [0.29, 0.717) is 11.4 Å². The number of hydrogen-bond donors (Lipinski definition) is 1. The zero-order valence-electron chi connectivity index (χ0n) is 11.5. The van der Waals surface area contributed by atoms with Crippen LogP contribution in [0.15, 0.2) is 53.6 Å². The third-order valence-corrected chi connectivity index (χ3v) is 2.68. The van der Waals surface area contributed by atoms with E-state index < -0.39 is 4.92 Å². The van der Waals surface area contributed by atoms with Gasteiger partial charge in [0, 0.05) is 6.07 Å². The number of nitriles is 1. The Labute approximate surface area is 126 Å². The molecule has 0 heterocycles. The first-order chi connectivity index (χ1) is 10.7. The van der Waals surface area contributed by atoms with Crippen molar-refractivity contribution in [1.82, 2.24) is 0 Å². The van der Waals surface area contributed by atoms with Crippen LogP contribution in [0.1, 0.15) is 5.56 Å². The number of benzene rings is 2. The van der Waals surface area contributed by atoms with Gasteiger partial charge in [0.25, 0.3) is 5.69 Å². The quantitative estimate of drug-likeness (QED) is 0.501. The fraction of sp³-hybridized carbons (Fsp3) is 0.0667. The summed E-state index contributed by atoms with van der Waals surface area (Å²) in [7, 11) is 0. The number of hydrazone groups is 1. The van der Waals surface area contributed by atoms with Gasteiger partial charge < -0.3 is 4.74 Å². The highest BCUT2D eigenvalue weighted by Crippen LogP contribution is 2.22. The number of nitrogens with one attached hydrogen (secondary N) is 1. The van der Waals surface area contributed by atoms with Gasteiger partial charge in [-0.15, -0.1) is 0 Å². The number of hydrogen-bond acceptors (Lipinski definition) is 6. The van der Waals surface area contributed by atoms with Gasteiger partial charge in [0.2, 0.25) is 0 Å². The van der Waals surface area contributed by atoms with E-state index >= 15 is 0 Å². The number of rotatable bonds is 6. The maximum atomic E-state index is 10.9. The van der Waals surface area contributed by atoms with Crippen molar-refractivity contribution < 1.29 is 9.66 Å². The summed E-state index contributed by atoms with van der Waals surface area (Å²) in [4.78, 5) is 10.4. The van der Waals surface area contributed by atoms with Crippen molar-refractivity contribution in [3.05, 3.63) is 64.2 Å². The SMILES string of the molecule is N#CCOc1ccc(/C=N\Nc2ccccc2[N+](=O)[O-])cc1. The summed E-state index contributed by atoms with van der Waals surface area (Å²) >= 11 is 0. The summed E-state index contributed by atoms with van der Waals surface area (Å²) in [6, 6.07) is 15.1. The number of nitro groups is 1. The largest absolute Gasteiger partial charge is 0.479 e. The molecule has 7 nitrogen and oxygen atoms in total. The molecule has 1 N–H and O–H groups in total. The average Bonchev–Trinajstić information content (AvgIpc) is 2.54. The predicted octanol–water partition coefficient (Wildman–Crippen LogP) is 2.94. The summed E-state index contributed by atoms with van der Waals surface area (Å²) in [6.45, 7) is -0.00728. The fourth-order valence-corrected chi connectivity index (χ4v) is 1.67. The first-order valence-corrected chi connectivity index (χ1v) is 6.33. The van der Waals surface area contributed by atoms with E-state index in [9.17, 15) is 10.1 Å². The second-order valence-corrected chi connectivity index (χ2v) is 4.16. The number of nitro benzene ring substituents is 1. The summed E-state index contributed by atoms with van der Waals surface area (Å²) in [6.07, 6.45) is 1.53. The molecule has 0 saturated carbocycles. The molecule has 0 aliphatic carbocycles. The van der Waals surface area contributed by atoms with E-state index in [2.05, 4.69) is 10.5 Å². The second-order valence-electron chi connectivity index (χ2n) is 4.16. The molecule has 0 saturated heterocycles. The van der Waals surface area contributed by atoms with Gasteiger partial charge in [-0.25, -0.2) is 0 Å². The van der Waals surface area contributed by atoms with Crippen LogP contribution in [0.3, 0.4) is 0 Å². The summed E-state index contributed by atoms with van der Waals surface area (Å²) < 4.78 is 5.13. The molecule has 0 spiro atoms. The number of anilines is 1. The molecule has 0 amide bonds. The topological polar surface area (TPSA) is 101 Å². The van der Waals surface area contributed by atoms with Crippen molar-refractivity contribution in [3.8, 4) is 11.8 Å². The summed E-state index contributed by atoms with van der Waals surface area (Å²) in [5.74, 6) is 0.588. The number of nitrogens with zero attached hydrogens (tertiary/aromatic N) is 3. The van der Waals surface area contributed by atoms with Gasteiger partial charge in [-0.2, -0.15) is 10.4 Å². The lowest BCUT2D eigenvalue weighted by Crippen LogP contribution is -1.96. The average molecular weight is 296 g/mol. The van der Waals surface area contributed by atoms with Gasteiger partial charge in [0.05, 0.1) is 11.1 Å². The fourth-order valence-electron chi connectivity index (χ4n) is 1.67. The van der Waals surface area contributed by atoms with E-state index in [1.807, 2.05) is 6.07 Å². The van der Waals surface area contributed by atoms with Crippen LogP contribution < -0.4 is 10.2 Å². The van der Waals surface area contributed by atoms with Crippen LogP contribution in [0.25, 0.3) is 0 Å². The molecule has 7 heteroatoms. The van der Waals surface area contributed by atoms with Crippen LogP contribution in [-0.2, 0) is 0 Å². The Hall–Kier alpha value is -3.40. The van der Waals surface area contributed by atoms with E-state index in [1.54, 1.807) is 42.5 Å². The van der Waals surface area contributed by atoms with Gasteiger partial charge in [-0.3, -0.25) is 15.5 Å². The van der Waals surface area contributed by atoms with Crippen LogP contribution >= 0.6 is 0 Å². The molecule has 0 fully saturated rings. The first kappa shape index (κ1) is 15.0. The van der Waals surface area contributed by atoms with Crippen LogP contribution in [-0.4, -0.2) is 17.7 Å². The lowest BCUT2D eigenvalue weighted by atomic mass is 10.2. The molecule has 2 aromatic rings. The Balaban J connectivity index is 2.01. The predicted molar refractivity (Wildman–Crippen MR) is 81.9 cm³/mol. The maximum absolute atomic E-state index is 10.9. The van der Waals surface area contributed by atoms with E-state index in [4.69, 9.17) is 10.00 Å².